The molecule has 1 aliphatic carbocycles. The molecule has 2 N–H and O–H groups in total. The molecule has 2 aromatic carbocycles. The average molecular weight is 507 g/mol. The molecular weight excluding hydrogens is 480 g/mol. The lowest BCUT2D eigenvalue weighted by molar-refractivity contribution is 0.187. The van der Waals surface area contributed by atoms with Crippen molar-refractivity contribution in [3.8, 4) is 28.1 Å². The van der Waals surface area contributed by atoms with Gasteiger partial charge in [-0.25, -0.2) is 9.78 Å². The number of tetrazole rings is 1. The van der Waals surface area contributed by atoms with Crippen LogP contribution in [-0.2, 0) is 11.2 Å². The summed E-state index contributed by atoms with van der Waals surface area (Å²) >= 11 is 0. The number of rotatable bonds is 5. The molecule has 1 amide bonds. The van der Waals surface area contributed by atoms with Crippen molar-refractivity contribution in [1.82, 2.24) is 35.2 Å². The topological polar surface area (TPSA) is 124 Å². The number of benzene rings is 2. The monoisotopic (exact) mass is 506 g/mol. The highest BCUT2D eigenvalue weighted by Gasteiger charge is 2.29. The van der Waals surface area contributed by atoms with E-state index in [0.29, 0.717) is 5.69 Å². The predicted octanol–water partition coefficient (Wildman–Crippen LogP) is 4.99. The number of nitrogens with zero attached hydrogens (tertiary/aromatic N) is 6. The first kappa shape index (κ1) is 23.5. The van der Waals surface area contributed by atoms with Crippen LogP contribution in [0.15, 0.2) is 61.1 Å². The number of carbonyl (C=O) groups is 1. The quantitative estimate of drug-likeness (QED) is 0.344. The fraction of sp³-hybridized carbons (Fsp3) is 0.214. The van der Waals surface area contributed by atoms with Crippen LogP contribution >= 0.6 is 0 Å². The van der Waals surface area contributed by atoms with E-state index in [4.69, 9.17) is 9.97 Å². The summed E-state index contributed by atoms with van der Waals surface area (Å²) in [6.07, 6.45) is 4.90. The number of aromatic nitrogens is 7. The van der Waals surface area contributed by atoms with Crippen LogP contribution in [0.1, 0.15) is 40.7 Å². The van der Waals surface area contributed by atoms with Gasteiger partial charge in [-0.05, 0) is 73.0 Å². The highest BCUT2D eigenvalue weighted by atomic mass is 16.5. The number of hydrogen-bond acceptors (Lipinski definition) is 7. The van der Waals surface area contributed by atoms with Crippen LogP contribution in [0.2, 0.25) is 0 Å². The zero-order chi connectivity index (χ0) is 26.2. The molecule has 0 bridgehead atoms. The van der Waals surface area contributed by atoms with Gasteiger partial charge in [-0.1, -0.05) is 23.8 Å². The van der Waals surface area contributed by atoms with Gasteiger partial charge >= 0.3 is 6.09 Å². The van der Waals surface area contributed by atoms with Crippen molar-refractivity contribution in [3.05, 3.63) is 89.4 Å². The molecule has 0 spiro atoms. The summed E-state index contributed by atoms with van der Waals surface area (Å²) < 4.78 is 6.33. The minimum Gasteiger partial charge on any atom is -0.453 e. The summed E-state index contributed by atoms with van der Waals surface area (Å²) in [6, 6.07) is 16.0. The molecule has 0 fully saturated rings. The number of aryl methyl sites for hydroxylation is 3. The Kier molecular flexibility index (Phi) is 5.91. The van der Waals surface area contributed by atoms with E-state index in [0.717, 1.165) is 63.7 Å². The molecule has 3 heterocycles. The second kappa shape index (κ2) is 9.55. The molecule has 10 nitrogen and oxygen atoms in total. The number of anilines is 1. The first-order valence-electron chi connectivity index (χ1n) is 12.4. The molecule has 0 saturated heterocycles. The lowest BCUT2D eigenvalue weighted by atomic mass is 10.00. The molecule has 10 heteroatoms. The van der Waals surface area contributed by atoms with Crippen molar-refractivity contribution < 1.29 is 9.53 Å². The van der Waals surface area contributed by atoms with Gasteiger partial charge in [0.25, 0.3) is 0 Å². The third-order valence-corrected chi connectivity index (χ3v) is 6.92. The number of imidazole rings is 1. The Balaban J connectivity index is 1.29. The maximum atomic E-state index is 11.5. The standard InChI is InChI=1S/C28H26N8O2/c1-16-4-11-24(36-15-30-34-35-36)23(12-16)20-13-19-7-10-22(26(19)29-14-20)27-31-17(2)25(33-27)18-5-8-21(9-6-18)32-28(37)38-3/h4-6,8-9,11-15,22H,7,10H2,1-3H3,(H,31,33)(H,32,37). The van der Waals surface area contributed by atoms with Crippen molar-refractivity contribution in [3.63, 3.8) is 0 Å². The summed E-state index contributed by atoms with van der Waals surface area (Å²) in [5.74, 6) is 1.02. The second-order valence-corrected chi connectivity index (χ2v) is 9.42. The normalized spacial score (nSPS) is 14.3. The van der Waals surface area contributed by atoms with E-state index in [9.17, 15) is 4.79 Å². The fourth-order valence-electron chi connectivity index (χ4n) is 5.05. The van der Waals surface area contributed by atoms with E-state index < -0.39 is 6.09 Å². The van der Waals surface area contributed by atoms with Gasteiger partial charge in [-0.3, -0.25) is 10.3 Å². The lowest BCUT2D eigenvalue weighted by Gasteiger charge is -2.12. The highest BCUT2D eigenvalue weighted by Crippen LogP contribution is 2.39. The maximum absolute atomic E-state index is 11.5. The first-order chi connectivity index (χ1) is 18.5. The van der Waals surface area contributed by atoms with Gasteiger partial charge in [0.1, 0.15) is 12.2 Å². The van der Waals surface area contributed by atoms with Crippen molar-refractivity contribution >= 4 is 11.8 Å². The van der Waals surface area contributed by atoms with Gasteiger partial charge < -0.3 is 9.72 Å². The summed E-state index contributed by atoms with van der Waals surface area (Å²) in [6.45, 7) is 4.10. The van der Waals surface area contributed by atoms with Crippen molar-refractivity contribution in [2.24, 2.45) is 0 Å². The molecule has 1 aliphatic rings. The van der Waals surface area contributed by atoms with Crippen LogP contribution in [0.3, 0.4) is 0 Å². The predicted molar refractivity (Wildman–Crippen MR) is 142 cm³/mol. The zero-order valence-electron chi connectivity index (χ0n) is 21.3. The number of H-pyrrole nitrogens is 1. The molecule has 1 atom stereocenters. The number of amides is 1. The highest BCUT2D eigenvalue weighted by molar-refractivity contribution is 5.85. The Morgan fingerprint density at radius 3 is 2.71 bits per heavy atom. The van der Waals surface area contributed by atoms with Gasteiger partial charge in [0.2, 0.25) is 0 Å². The Hall–Kier alpha value is -4.86. The van der Waals surface area contributed by atoms with E-state index in [1.165, 1.54) is 12.7 Å². The second-order valence-electron chi connectivity index (χ2n) is 9.42. The Morgan fingerprint density at radius 1 is 1.11 bits per heavy atom. The molecule has 6 rings (SSSR count). The summed E-state index contributed by atoms with van der Waals surface area (Å²) in [4.78, 5) is 24.9. The number of nitrogens with one attached hydrogen (secondary N) is 2. The molecule has 38 heavy (non-hydrogen) atoms. The van der Waals surface area contributed by atoms with E-state index in [-0.39, 0.29) is 5.92 Å². The van der Waals surface area contributed by atoms with Gasteiger partial charge in [0.05, 0.1) is 30.1 Å². The smallest absolute Gasteiger partial charge is 0.411 e. The lowest BCUT2D eigenvalue weighted by Crippen LogP contribution is -2.10. The van der Waals surface area contributed by atoms with Crippen LogP contribution < -0.4 is 5.32 Å². The van der Waals surface area contributed by atoms with E-state index in [1.54, 1.807) is 11.0 Å². The van der Waals surface area contributed by atoms with Gasteiger partial charge in [0, 0.05) is 34.3 Å². The minimum atomic E-state index is -0.499. The largest absolute Gasteiger partial charge is 0.453 e. The summed E-state index contributed by atoms with van der Waals surface area (Å²) in [5.41, 5.74) is 9.94. The molecule has 3 aromatic heterocycles. The number of hydrogen-bond donors (Lipinski definition) is 2. The van der Waals surface area contributed by atoms with Crippen molar-refractivity contribution in [1.29, 1.82) is 0 Å². The van der Waals surface area contributed by atoms with E-state index >= 15 is 0 Å². The number of aromatic amines is 1. The SMILES string of the molecule is COC(=O)Nc1ccc(-c2nc(C3CCc4cc(-c5cc(C)ccc5-n5cnnn5)cnc43)[nH]c2C)cc1. The van der Waals surface area contributed by atoms with Gasteiger partial charge in [0.15, 0.2) is 0 Å². The third-order valence-electron chi connectivity index (χ3n) is 6.92. The van der Waals surface area contributed by atoms with Crippen LogP contribution in [0, 0.1) is 13.8 Å². The zero-order valence-corrected chi connectivity index (χ0v) is 21.3. The van der Waals surface area contributed by atoms with Crippen LogP contribution in [0.4, 0.5) is 10.5 Å². The molecule has 0 radical (unpaired) electrons. The number of carbonyl (C=O) groups excluding carboxylic acids is 1. The van der Waals surface area contributed by atoms with Gasteiger partial charge in [-0.2, -0.15) is 4.68 Å². The number of pyridine rings is 1. The summed E-state index contributed by atoms with van der Waals surface area (Å²) in [5, 5.41) is 14.3. The number of fused-ring (bicyclic) bond motifs is 1. The Bertz CT molecular complexity index is 1620. The molecule has 1 unspecified atom stereocenters. The van der Waals surface area contributed by atoms with Gasteiger partial charge in [-0.15, -0.1) is 5.10 Å². The molecule has 0 saturated carbocycles. The van der Waals surface area contributed by atoms with Crippen LogP contribution in [-0.4, -0.2) is 48.4 Å². The van der Waals surface area contributed by atoms with Crippen molar-refractivity contribution in [2.75, 3.05) is 12.4 Å². The number of ether oxygens (including phenoxy) is 1. The fourth-order valence-corrected chi connectivity index (χ4v) is 5.05. The van der Waals surface area contributed by atoms with Crippen LogP contribution in [0.25, 0.3) is 28.1 Å². The van der Waals surface area contributed by atoms with Crippen LogP contribution in [0.5, 0.6) is 0 Å². The van der Waals surface area contributed by atoms with E-state index in [1.807, 2.05) is 43.5 Å². The third kappa shape index (κ3) is 4.30. The Labute approximate surface area is 219 Å². The Morgan fingerprint density at radius 2 is 1.95 bits per heavy atom. The van der Waals surface area contributed by atoms with Crippen molar-refractivity contribution in [2.45, 2.75) is 32.6 Å². The number of methoxy groups -OCH3 is 1. The molecular formula is C28H26N8O2. The molecule has 190 valence electrons. The average Bonchev–Trinajstić information content (AvgIpc) is 3.69. The minimum absolute atomic E-state index is 0.100. The molecule has 5 aromatic rings. The first-order valence-corrected chi connectivity index (χ1v) is 12.4. The maximum Gasteiger partial charge on any atom is 0.411 e. The summed E-state index contributed by atoms with van der Waals surface area (Å²) in [7, 11) is 1.34. The van der Waals surface area contributed by atoms with E-state index in [2.05, 4.69) is 55.7 Å². The molecule has 0 aliphatic heterocycles.